The van der Waals surface area contributed by atoms with Crippen molar-refractivity contribution >= 4 is 10.0 Å². The molecule has 2 atom stereocenters. The van der Waals surface area contributed by atoms with Gasteiger partial charge in [0.2, 0.25) is 10.0 Å². The standard InChI is InChI=1S/C19H21N3O4S/c1-27(23,24)22-19-8-9-25-12-16(19)13-26-17-5-3-15(4-6-17)18-7-2-14(10-20)11-21-18/h2-7,11,16,19,22H,8-9,12-13H2,1H3/t16-,19+/m1/s1. The molecule has 0 spiro atoms. The van der Waals surface area contributed by atoms with Crippen LogP contribution in [-0.4, -0.2) is 45.5 Å². The Morgan fingerprint density at radius 3 is 2.70 bits per heavy atom. The molecule has 1 aromatic heterocycles. The molecule has 1 N–H and O–H groups in total. The first kappa shape index (κ1) is 19.3. The monoisotopic (exact) mass is 387 g/mol. The zero-order chi connectivity index (χ0) is 19.3. The number of rotatable bonds is 6. The molecule has 1 aliphatic heterocycles. The van der Waals surface area contributed by atoms with Gasteiger partial charge in [-0.25, -0.2) is 13.1 Å². The second-order valence-electron chi connectivity index (χ2n) is 6.50. The van der Waals surface area contributed by atoms with Crippen LogP contribution in [0.2, 0.25) is 0 Å². The van der Waals surface area contributed by atoms with E-state index >= 15 is 0 Å². The summed E-state index contributed by atoms with van der Waals surface area (Å²) < 4.78 is 37.0. The van der Waals surface area contributed by atoms with Crippen LogP contribution >= 0.6 is 0 Å². The Morgan fingerprint density at radius 2 is 2.07 bits per heavy atom. The van der Waals surface area contributed by atoms with Crippen LogP contribution in [0.15, 0.2) is 42.6 Å². The van der Waals surface area contributed by atoms with Gasteiger partial charge in [-0.2, -0.15) is 5.26 Å². The molecule has 7 nitrogen and oxygen atoms in total. The lowest BCUT2D eigenvalue weighted by Crippen LogP contribution is -2.47. The fourth-order valence-electron chi connectivity index (χ4n) is 2.95. The molecular weight excluding hydrogens is 366 g/mol. The van der Waals surface area contributed by atoms with Gasteiger partial charge in [0.05, 0.1) is 30.7 Å². The average Bonchev–Trinajstić information content (AvgIpc) is 2.67. The van der Waals surface area contributed by atoms with Crippen LogP contribution in [0.5, 0.6) is 5.75 Å². The smallest absolute Gasteiger partial charge is 0.208 e. The highest BCUT2D eigenvalue weighted by atomic mass is 32.2. The maximum Gasteiger partial charge on any atom is 0.208 e. The Bertz CT molecular complexity index is 905. The average molecular weight is 387 g/mol. The summed E-state index contributed by atoms with van der Waals surface area (Å²) in [4.78, 5) is 4.27. The largest absolute Gasteiger partial charge is 0.493 e. The molecule has 27 heavy (non-hydrogen) atoms. The van der Waals surface area contributed by atoms with Crippen molar-refractivity contribution in [3.05, 3.63) is 48.2 Å². The predicted octanol–water partition coefficient (Wildman–Crippen LogP) is 1.95. The number of hydrogen-bond donors (Lipinski definition) is 1. The number of aromatic nitrogens is 1. The molecule has 0 saturated carbocycles. The third-order valence-corrected chi connectivity index (χ3v) is 5.08. The van der Waals surface area contributed by atoms with E-state index in [0.717, 1.165) is 17.5 Å². The van der Waals surface area contributed by atoms with Crippen molar-refractivity contribution < 1.29 is 17.9 Å². The van der Waals surface area contributed by atoms with Crippen LogP contribution < -0.4 is 9.46 Å². The van der Waals surface area contributed by atoms with Crippen LogP contribution in [0.3, 0.4) is 0 Å². The summed E-state index contributed by atoms with van der Waals surface area (Å²) in [5, 5.41) is 8.83. The molecule has 2 heterocycles. The molecule has 0 bridgehead atoms. The quantitative estimate of drug-likeness (QED) is 0.813. The van der Waals surface area contributed by atoms with Crippen molar-refractivity contribution in [1.82, 2.24) is 9.71 Å². The predicted molar refractivity (Wildman–Crippen MR) is 101 cm³/mol. The van der Waals surface area contributed by atoms with Crippen molar-refractivity contribution in [2.75, 3.05) is 26.1 Å². The molecule has 0 radical (unpaired) electrons. The van der Waals surface area contributed by atoms with E-state index in [-0.39, 0.29) is 12.0 Å². The van der Waals surface area contributed by atoms with E-state index in [2.05, 4.69) is 9.71 Å². The van der Waals surface area contributed by atoms with Crippen molar-refractivity contribution in [2.45, 2.75) is 12.5 Å². The number of pyridine rings is 1. The highest BCUT2D eigenvalue weighted by molar-refractivity contribution is 7.88. The Hall–Kier alpha value is -2.47. The van der Waals surface area contributed by atoms with Crippen LogP contribution in [0, 0.1) is 17.2 Å². The Balaban J connectivity index is 1.61. The minimum Gasteiger partial charge on any atom is -0.493 e. The third kappa shape index (κ3) is 5.50. The van der Waals surface area contributed by atoms with E-state index in [0.29, 0.717) is 37.6 Å². The minimum absolute atomic E-state index is 0.0478. The number of nitriles is 1. The molecule has 2 aromatic rings. The maximum absolute atomic E-state index is 11.5. The van der Waals surface area contributed by atoms with E-state index in [1.54, 1.807) is 12.1 Å². The summed E-state index contributed by atoms with van der Waals surface area (Å²) in [6, 6.07) is 12.9. The number of hydrogen-bond acceptors (Lipinski definition) is 6. The van der Waals surface area contributed by atoms with Crippen molar-refractivity contribution in [2.24, 2.45) is 5.92 Å². The van der Waals surface area contributed by atoms with Gasteiger partial charge in [0.15, 0.2) is 0 Å². The van der Waals surface area contributed by atoms with Gasteiger partial charge in [0.1, 0.15) is 11.8 Å². The normalized spacial score (nSPS) is 20.0. The molecule has 3 rings (SSSR count). The zero-order valence-corrected chi connectivity index (χ0v) is 15.8. The number of nitrogens with one attached hydrogen (secondary N) is 1. The van der Waals surface area contributed by atoms with Crippen molar-refractivity contribution in [1.29, 1.82) is 5.26 Å². The highest BCUT2D eigenvalue weighted by Crippen LogP contribution is 2.22. The first-order valence-corrected chi connectivity index (χ1v) is 10.5. The van der Waals surface area contributed by atoms with Crippen molar-refractivity contribution in [3.63, 3.8) is 0 Å². The highest BCUT2D eigenvalue weighted by Gasteiger charge is 2.28. The molecule has 0 amide bonds. The molecule has 1 fully saturated rings. The third-order valence-electron chi connectivity index (χ3n) is 4.35. The molecular formula is C19H21N3O4S. The molecule has 142 valence electrons. The number of nitrogens with zero attached hydrogens (tertiary/aromatic N) is 2. The minimum atomic E-state index is -3.27. The topological polar surface area (TPSA) is 101 Å². The number of benzene rings is 1. The SMILES string of the molecule is CS(=O)(=O)N[C@H]1CCOC[C@@H]1COc1ccc(-c2ccc(C#N)cn2)cc1. The van der Waals surface area contributed by atoms with Gasteiger partial charge in [-0.05, 0) is 42.8 Å². The summed E-state index contributed by atoms with van der Waals surface area (Å²) in [7, 11) is -3.27. The summed E-state index contributed by atoms with van der Waals surface area (Å²) in [5.74, 6) is 0.643. The second-order valence-corrected chi connectivity index (χ2v) is 8.28. The van der Waals surface area contributed by atoms with Gasteiger partial charge < -0.3 is 9.47 Å². The summed E-state index contributed by atoms with van der Waals surface area (Å²) in [6.45, 7) is 1.36. The molecule has 1 saturated heterocycles. The lowest BCUT2D eigenvalue weighted by molar-refractivity contribution is 0.0187. The number of sulfonamides is 1. The fourth-order valence-corrected chi connectivity index (χ4v) is 3.81. The lowest BCUT2D eigenvalue weighted by atomic mass is 9.98. The first-order valence-electron chi connectivity index (χ1n) is 8.59. The Morgan fingerprint density at radius 1 is 1.30 bits per heavy atom. The van der Waals surface area contributed by atoms with E-state index in [1.807, 2.05) is 30.3 Å². The molecule has 8 heteroatoms. The molecule has 1 aliphatic rings. The Labute approximate surface area is 159 Å². The van der Waals surface area contributed by atoms with E-state index in [1.165, 1.54) is 6.20 Å². The van der Waals surface area contributed by atoms with Crippen molar-refractivity contribution in [3.8, 4) is 23.1 Å². The van der Waals surface area contributed by atoms with Gasteiger partial charge in [-0.3, -0.25) is 4.98 Å². The molecule has 0 aliphatic carbocycles. The maximum atomic E-state index is 11.5. The summed E-state index contributed by atoms with van der Waals surface area (Å²) in [5.41, 5.74) is 2.22. The first-order chi connectivity index (χ1) is 12.9. The van der Waals surface area contributed by atoms with Gasteiger partial charge in [-0.1, -0.05) is 0 Å². The van der Waals surface area contributed by atoms with Gasteiger partial charge in [-0.15, -0.1) is 0 Å². The molecule has 1 aromatic carbocycles. The van der Waals surface area contributed by atoms with Gasteiger partial charge in [0.25, 0.3) is 0 Å². The zero-order valence-electron chi connectivity index (χ0n) is 15.0. The Kier molecular flexibility index (Phi) is 6.06. The lowest BCUT2D eigenvalue weighted by Gasteiger charge is -2.31. The van der Waals surface area contributed by atoms with Gasteiger partial charge >= 0.3 is 0 Å². The van der Waals surface area contributed by atoms with Crippen LogP contribution in [-0.2, 0) is 14.8 Å². The molecule has 0 unspecified atom stereocenters. The summed E-state index contributed by atoms with van der Waals surface area (Å²) >= 11 is 0. The fraction of sp³-hybridized carbons (Fsp3) is 0.368. The van der Waals surface area contributed by atoms with Crippen LogP contribution in [0.25, 0.3) is 11.3 Å². The van der Waals surface area contributed by atoms with Crippen LogP contribution in [0.1, 0.15) is 12.0 Å². The summed E-state index contributed by atoms with van der Waals surface area (Å²) in [6.07, 6.45) is 3.33. The van der Waals surface area contributed by atoms with Gasteiger partial charge in [0, 0.05) is 30.3 Å². The van der Waals surface area contributed by atoms with Crippen LogP contribution in [0.4, 0.5) is 0 Å². The number of ether oxygens (including phenoxy) is 2. The second kappa shape index (κ2) is 8.48. The van der Waals surface area contributed by atoms with E-state index in [9.17, 15) is 8.42 Å². The van der Waals surface area contributed by atoms with E-state index in [4.69, 9.17) is 14.7 Å². The van der Waals surface area contributed by atoms with E-state index < -0.39 is 10.0 Å².